The van der Waals surface area contributed by atoms with Crippen molar-refractivity contribution in [1.29, 1.82) is 5.26 Å². The first-order valence-corrected chi connectivity index (χ1v) is 6.25. The van der Waals surface area contributed by atoms with Gasteiger partial charge < -0.3 is 10.1 Å². The summed E-state index contributed by atoms with van der Waals surface area (Å²) in [6.07, 6.45) is 0.917. The summed E-state index contributed by atoms with van der Waals surface area (Å²) in [4.78, 5) is 0. The third kappa shape index (κ3) is 2.83. The van der Waals surface area contributed by atoms with Crippen LogP contribution in [0, 0.1) is 16.7 Å². The van der Waals surface area contributed by atoms with Crippen molar-refractivity contribution >= 4 is 0 Å². The van der Waals surface area contributed by atoms with Crippen molar-refractivity contribution in [1.82, 2.24) is 5.32 Å². The fourth-order valence-corrected chi connectivity index (χ4v) is 2.26. The third-order valence-corrected chi connectivity index (χ3v) is 3.32. The van der Waals surface area contributed by atoms with Gasteiger partial charge in [-0.1, -0.05) is 19.1 Å². The molecule has 1 N–H and O–H groups in total. The molecule has 1 aromatic rings. The van der Waals surface area contributed by atoms with Crippen LogP contribution in [0.25, 0.3) is 0 Å². The highest BCUT2D eigenvalue weighted by Gasteiger charge is 2.29. The Bertz CT molecular complexity index is 446. The smallest absolute Gasteiger partial charge is 0.122 e. The second kappa shape index (κ2) is 5.88. The van der Waals surface area contributed by atoms with E-state index in [1.165, 1.54) is 5.56 Å². The SMILES string of the molecule is CCc1cc(C(NC)C(C)(C)C#N)ccc1OC. The molecule has 0 aromatic heterocycles. The van der Waals surface area contributed by atoms with E-state index >= 15 is 0 Å². The number of benzene rings is 1. The van der Waals surface area contributed by atoms with Gasteiger partial charge in [-0.05, 0) is 44.5 Å². The van der Waals surface area contributed by atoms with E-state index < -0.39 is 5.41 Å². The van der Waals surface area contributed by atoms with E-state index in [4.69, 9.17) is 4.74 Å². The molecule has 98 valence electrons. The van der Waals surface area contributed by atoms with Crippen LogP contribution in [0.5, 0.6) is 5.75 Å². The number of aryl methyl sites for hydroxylation is 1. The van der Waals surface area contributed by atoms with Gasteiger partial charge >= 0.3 is 0 Å². The number of rotatable bonds is 5. The van der Waals surface area contributed by atoms with E-state index in [0.717, 1.165) is 17.7 Å². The van der Waals surface area contributed by atoms with Gasteiger partial charge in [-0.25, -0.2) is 0 Å². The number of nitrogens with one attached hydrogen (secondary N) is 1. The molecule has 0 aliphatic carbocycles. The lowest BCUT2D eigenvalue weighted by atomic mass is 9.81. The van der Waals surface area contributed by atoms with Gasteiger partial charge in [-0.2, -0.15) is 5.26 Å². The van der Waals surface area contributed by atoms with Crippen LogP contribution < -0.4 is 10.1 Å². The zero-order valence-electron chi connectivity index (χ0n) is 11.9. The zero-order valence-corrected chi connectivity index (χ0v) is 11.9. The number of methoxy groups -OCH3 is 1. The predicted molar refractivity (Wildman–Crippen MR) is 73.6 cm³/mol. The second-order valence-electron chi connectivity index (χ2n) is 4.98. The molecule has 18 heavy (non-hydrogen) atoms. The fourth-order valence-electron chi connectivity index (χ4n) is 2.26. The summed E-state index contributed by atoms with van der Waals surface area (Å²) >= 11 is 0. The maximum atomic E-state index is 9.27. The molecule has 0 saturated carbocycles. The van der Waals surface area contributed by atoms with Gasteiger partial charge in [0, 0.05) is 0 Å². The number of nitrogens with zero attached hydrogens (tertiary/aromatic N) is 1. The van der Waals surface area contributed by atoms with Crippen LogP contribution in [-0.2, 0) is 6.42 Å². The minimum Gasteiger partial charge on any atom is -0.496 e. The van der Waals surface area contributed by atoms with Crippen LogP contribution in [0.3, 0.4) is 0 Å². The molecule has 0 aliphatic heterocycles. The standard InChI is InChI=1S/C15H22N2O/c1-6-11-9-12(7-8-13(11)18-5)14(17-4)15(2,3)10-16/h7-9,14,17H,6H2,1-5H3. The van der Waals surface area contributed by atoms with E-state index in [-0.39, 0.29) is 6.04 Å². The molecule has 0 saturated heterocycles. The summed E-state index contributed by atoms with van der Waals surface area (Å²) in [6, 6.07) is 8.50. The van der Waals surface area contributed by atoms with Gasteiger partial charge in [0.25, 0.3) is 0 Å². The molecule has 0 heterocycles. The Hall–Kier alpha value is -1.53. The van der Waals surface area contributed by atoms with Gasteiger partial charge in [0.2, 0.25) is 0 Å². The second-order valence-corrected chi connectivity index (χ2v) is 4.98. The van der Waals surface area contributed by atoms with Crippen LogP contribution in [0.15, 0.2) is 18.2 Å². The van der Waals surface area contributed by atoms with Gasteiger partial charge in [-0.15, -0.1) is 0 Å². The molecule has 3 heteroatoms. The normalized spacial score (nSPS) is 12.9. The van der Waals surface area contributed by atoms with Crippen molar-refractivity contribution < 1.29 is 4.74 Å². The highest BCUT2D eigenvalue weighted by atomic mass is 16.5. The Kier molecular flexibility index (Phi) is 4.75. The molecule has 1 rings (SSSR count). The first kappa shape index (κ1) is 14.5. The summed E-state index contributed by atoms with van der Waals surface area (Å²) in [5.41, 5.74) is 1.85. The molecular formula is C15H22N2O. The van der Waals surface area contributed by atoms with Crippen molar-refractivity contribution in [2.45, 2.75) is 33.2 Å². The molecule has 0 radical (unpaired) electrons. The van der Waals surface area contributed by atoms with Crippen LogP contribution in [-0.4, -0.2) is 14.2 Å². The summed E-state index contributed by atoms with van der Waals surface area (Å²) in [6.45, 7) is 6.00. The maximum Gasteiger partial charge on any atom is 0.122 e. The van der Waals surface area contributed by atoms with E-state index in [1.54, 1.807) is 7.11 Å². The van der Waals surface area contributed by atoms with Crippen LogP contribution in [0.2, 0.25) is 0 Å². The summed E-state index contributed by atoms with van der Waals surface area (Å²) < 4.78 is 5.33. The Morgan fingerprint density at radius 1 is 1.44 bits per heavy atom. The summed E-state index contributed by atoms with van der Waals surface area (Å²) in [7, 11) is 3.57. The highest BCUT2D eigenvalue weighted by Crippen LogP contribution is 2.34. The molecule has 1 atom stereocenters. The molecule has 0 aliphatic rings. The monoisotopic (exact) mass is 246 g/mol. The topological polar surface area (TPSA) is 45.0 Å². The molecule has 0 amide bonds. The molecule has 1 aromatic carbocycles. The Morgan fingerprint density at radius 2 is 2.11 bits per heavy atom. The van der Waals surface area contributed by atoms with Crippen molar-refractivity contribution in [3.05, 3.63) is 29.3 Å². The predicted octanol–water partition coefficient (Wildman–Crippen LogP) is 3.07. The van der Waals surface area contributed by atoms with Crippen molar-refractivity contribution in [3.63, 3.8) is 0 Å². The van der Waals surface area contributed by atoms with E-state index in [1.807, 2.05) is 33.0 Å². The van der Waals surface area contributed by atoms with Gasteiger partial charge in [0.1, 0.15) is 5.75 Å². The molecule has 0 bridgehead atoms. The molecule has 0 spiro atoms. The summed E-state index contributed by atoms with van der Waals surface area (Å²) in [5.74, 6) is 0.908. The lowest BCUT2D eigenvalue weighted by molar-refractivity contribution is 0.343. The Morgan fingerprint density at radius 3 is 2.56 bits per heavy atom. The first-order valence-electron chi connectivity index (χ1n) is 6.25. The van der Waals surface area contributed by atoms with E-state index in [2.05, 4.69) is 24.4 Å². The Labute approximate surface area is 110 Å². The largest absolute Gasteiger partial charge is 0.496 e. The van der Waals surface area contributed by atoms with Crippen LogP contribution in [0.4, 0.5) is 0 Å². The quantitative estimate of drug-likeness (QED) is 0.868. The average molecular weight is 246 g/mol. The van der Waals surface area contributed by atoms with Crippen molar-refractivity contribution in [2.24, 2.45) is 5.41 Å². The first-order chi connectivity index (χ1) is 8.50. The lowest BCUT2D eigenvalue weighted by Crippen LogP contribution is -2.30. The van der Waals surface area contributed by atoms with Crippen molar-refractivity contribution in [3.8, 4) is 11.8 Å². The van der Waals surface area contributed by atoms with E-state index in [9.17, 15) is 5.26 Å². The highest BCUT2D eigenvalue weighted by molar-refractivity contribution is 5.39. The third-order valence-electron chi connectivity index (χ3n) is 3.32. The zero-order chi connectivity index (χ0) is 13.8. The summed E-state index contributed by atoms with van der Waals surface area (Å²) in [5, 5.41) is 12.5. The van der Waals surface area contributed by atoms with Gasteiger partial charge in [0.05, 0.1) is 24.6 Å². The van der Waals surface area contributed by atoms with E-state index in [0.29, 0.717) is 0 Å². The number of ether oxygens (including phenoxy) is 1. The molecule has 1 unspecified atom stereocenters. The Balaban J connectivity index is 3.20. The molecule has 3 nitrogen and oxygen atoms in total. The fraction of sp³-hybridized carbons (Fsp3) is 0.533. The minimum atomic E-state index is -0.450. The maximum absolute atomic E-state index is 9.27. The van der Waals surface area contributed by atoms with Gasteiger partial charge in [0.15, 0.2) is 0 Å². The van der Waals surface area contributed by atoms with Crippen LogP contribution in [0.1, 0.15) is 37.9 Å². The van der Waals surface area contributed by atoms with Crippen LogP contribution >= 0.6 is 0 Å². The number of hydrogen-bond donors (Lipinski definition) is 1. The molecular weight excluding hydrogens is 224 g/mol. The number of nitriles is 1. The van der Waals surface area contributed by atoms with Gasteiger partial charge in [-0.3, -0.25) is 0 Å². The lowest BCUT2D eigenvalue weighted by Gasteiger charge is -2.28. The minimum absolute atomic E-state index is 0.0127. The molecule has 0 fully saturated rings. The van der Waals surface area contributed by atoms with Crippen molar-refractivity contribution in [2.75, 3.05) is 14.2 Å². The average Bonchev–Trinajstić information content (AvgIpc) is 2.39. The number of hydrogen-bond acceptors (Lipinski definition) is 3.